The Bertz CT molecular complexity index is 778. The predicted octanol–water partition coefficient (Wildman–Crippen LogP) is 1.04. The molecular formula is C17H19N3O6. The molecule has 9 heteroatoms. The van der Waals surface area contributed by atoms with Crippen LogP contribution in [0.4, 0.5) is 16.2 Å². The highest BCUT2D eigenvalue weighted by molar-refractivity contribution is 6.05. The minimum atomic E-state index is -1.19. The SMILES string of the molecule is COC(=O)NC(=O)[C@@H](C)OC(=O)c1ccc2c(c1)NC(=O)[C@@H]1CCCN21. The average molecular weight is 361 g/mol. The Morgan fingerprint density at radius 1 is 1.35 bits per heavy atom. The lowest BCUT2D eigenvalue weighted by Crippen LogP contribution is -2.44. The molecule has 0 unspecified atom stereocenters. The Hall–Kier alpha value is -3.10. The fourth-order valence-corrected chi connectivity index (χ4v) is 3.09. The van der Waals surface area contributed by atoms with E-state index in [1.54, 1.807) is 12.1 Å². The smallest absolute Gasteiger partial charge is 0.413 e. The van der Waals surface area contributed by atoms with E-state index in [1.807, 2.05) is 10.2 Å². The summed E-state index contributed by atoms with van der Waals surface area (Å²) in [6, 6.07) is 4.69. The number of hydrogen-bond acceptors (Lipinski definition) is 7. The fraction of sp³-hybridized carbons (Fsp3) is 0.412. The molecule has 0 aliphatic carbocycles. The van der Waals surface area contributed by atoms with Gasteiger partial charge in [-0.3, -0.25) is 14.9 Å². The van der Waals surface area contributed by atoms with E-state index in [4.69, 9.17) is 4.74 Å². The number of carbonyl (C=O) groups is 4. The molecule has 2 aliphatic rings. The van der Waals surface area contributed by atoms with E-state index in [1.165, 1.54) is 13.0 Å². The third-order valence-electron chi connectivity index (χ3n) is 4.42. The molecule has 1 aromatic carbocycles. The number of nitrogens with zero attached hydrogens (tertiary/aromatic N) is 1. The summed E-state index contributed by atoms with van der Waals surface area (Å²) in [7, 11) is 1.12. The molecule has 2 N–H and O–H groups in total. The molecule has 2 heterocycles. The Morgan fingerprint density at radius 2 is 2.12 bits per heavy atom. The van der Waals surface area contributed by atoms with Gasteiger partial charge in [0.1, 0.15) is 6.04 Å². The molecule has 0 radical (unpaired) electrons. The lowest BCUT2D eigenvalue weighted by atomic mass is 10.1. The molecule has 0 spiro atoms. The summed E-state index contributed by atoms with van der Waals surface area (Å²) in [6.45, 7) is 2.13. The summed E-state index contributed by atoms with van der Waals surface area (Å²) >= 11 is 0. The van der Waals surface area contributed by atoms with Gasteiger partial charge in [0.05, 0.1) is 24.0 Å². The van der Waals surface area contributed by atoms with Crippen molar-refractivity contribution in [2.24, 2.45) is 0 Å². The monoisotopic (exact) mass is 361 g/mol. The molecule has 26 heavy (non-hydrogen) atoms. The average Bonchev–Trinajstić information content (AvgIpc) is 3.11. The van der Waals surface area contributed by atoms with Crippen molar-refractivity contribution in [1.29, 1.82) is 0 Å². The molecule has 3 rings (SSSR count). The van der Waals surface area contributed by atoms with E-state index in [0.717, 1.165) is 32.2 Å². The van der Waals surface area contributed by atoms with Crippen LogP contribution in [0.25, 0.3) is 0 Å². The quantitative estimate of drug-likeness (QED) is 0.773. The molecule has 0 saturated carbocycles. The first-order valence-corrected chi connectivity index (χ1v) is 8.22. The molecular weight excluding hydrogens is 342 g/mol. The van der Waals surface area contributed by atoms with Gasteiger partial charge < -0.3 is 19.7 Å². The first-order chi connectivity index (χ1) is 12.4. The van der Waals surface area contributed by atoms with Crippen molar-refractivity contribution in [3.05, 3.63) is 23.8 Å². The van der Waals surface area contributed by atoms with Crippen molar-refractivity contribution >= 4 is 35.3 Å². The maximum atomic E-state index is 12.3. The number of benzene rings is 1. The summed E-state index contributed by atoms with van der Waals surface area (Å²) in [4.78, 5) is 49.2. The third-order valence-corrected chi connectivity index (χ3v) is 4.42. The summed E-state index contributed by atoms with van der Waals surface area (Å²) < 4.78 is 9.37. The number of amides is 3. The maximum Gasteiger partial charge on any atom is 0.413 e. The van der Waals surface area contributed by atoms with Crippen molar-refractivity contribution in [1.82, 2.24) is 5.32 Å². The van der Waals surface area contributed by atoms with Crippen molar-refractivity contribution in [3.63, 3.8) is 0 Å². The number of methoxy groups -OCH3 is 1. The van der Waals surface area contributed by atoms with Gasteiger partial charge in [-0.05, 0) is 38.0 Å². The van der Waals surface area contributed by atoms with Crippen LogP contribution in [-0.4, -0.2) is 49.7 Å². The first kappa shape index (κ1) is 17.7. The molecule has 2 aliphatic heterocycles. The number of nitrogens with one attached hydrogen (secondary N) is 2. The second-order valence-corrected chi connectivity index (χ2v) is 6.10. The largest absolute Gasteiger partial charge is 0.453 e. The second-order valence-electron chi connectivity index (χ2n) is 6.10. The molecule has 1 saturated heterocycles. The number of carbonyl (C=O) groups excluding carboxylic acids is 4. The molecule has 0 bridgehead atoms. The number of imide groups is 1. The van der Waals surface area contributed by atoms with Gasteiger partial charge >= 0.3 is 12.1 Å². The summed E-state index contributed by atoms with van der Waals surface area (Å²) in [5.74, 6) is -1.62. The highest BCUT2D eigenvalue weighted by Gasteiger charge is 2.36. The van der Waals surface area contributed by atoms with Gasteiger partial charge in [-0.25, -0.2) is 9.59 Å². The molecule has 9 nitrogen and oxygen atoms in total. The van der Waals surface area contributed by atoms with Gasteiger partial charge in [-0.2, -0.15) is 0 Å². The Kier molecular flexibility index (Phi) is 4.79. The van der Waals surface area contributed by atoms with Crippen LogP contribution in [0.3, 0.4) is 0 Å². The number of rotatable bonds is 3. The summed E-state index contributed by atoms with van der Waals surface area (Å²) in [5, 5.41) is 4.73. The zero-order valence-corrected chi connectivity index (χ0v) is 14.4. The van der Waals surface area contributed by atoms with E-state index >= 15 is 0 Å². The Labute approximate surface area is 149 Å². The number of hydrogen-bond donors (Lipinski definition) is 2. The first-order valence-electron chi connectivity index (χ1n) is 8.22. The number of esters is 1. The van der Waals surface area contributed by atoms with Crippen LogP contribution in [-0.2, 0) is 19.1 Å². The highest BCUT2D eigenvalue weighted by Crippen LogP contribution is 2.37. The van der Waals surface area contributed by atoms with Crippen LogP contribution in [0.2, 0.25) is 0 Å². The third kappa shape index (κ3) is 3.32. The minimum Gasteiger partial charge on any atom is -0.453 e. The van der Waals surface area contributed by atoms with Crippen molar-refractivity contribution in [2.45, 2.75) is 31.9 Å². The zero-order chi connectivity index (χ0) is 18.8. The molecule has 0 aromatic heterocycles. The topological polar surface area (TPSA) is 114 Å². The van der Waals surface area contributed by atoms with Gasteiger partial charge in [0.15, 0.2) is 6.10 Å². The van der Waals surface area contributed by atoms with Gasteiger partial charge in [0.2, 0.25) is 5.91 Å². The number of ether oxygens (including phenoxy) is 2. The van der Waals surface area contributed by atoms with E-state index in [-0.39, 0.29) is 17.5 Å². The molecule has 1 fully saturated rings. The van der Waals surface area contributed by atoms with Gasteiger partial charge in [0.25, 0.3) is 5.91 Å². The summed E-state index contributed by atoms with van der Waals surface area (Å²) in [5.41, 5.74) is 1.59. The standard InChI is InChI=1S/C17H19N3O6/c1-9(14(21)19-17(24)25-2)26-16(23)10-5-6-12-11(8-10)18-15(22)13-4-3-7-20(12)13/h5-6,8-9,13H,3-4,7H2,1-2H3,(H,18,22)(H,19,21,24)/t9-,13+/m1/s1. The van der Waals surface area contributed by atoms with Crippen LogP contribution < -0.4 is 15.5 Å². The molecule has 2 atom stereocenters. The zero-order valence-electron chi connectivity index (χ0n) is 14.4. The normalized spacial score (nSPS) is 18.9. The van der Waals surface area contributed by atoms with E-state index in [9.17, 15) is 19.2 Å². The van der Waals surface area contributed by atoms with Crippen LogP contribution in [0.1, 0.15) is 30.1 Å². The van der Waals surface area contributed by atoms with Crippen LogP contribution >= 0.6 is 0 Å². The molecule has 3 amide bonds. The van der Waals surface area contributed by atoms with Gasteiger partial charge in [-0.1, -0.05) is 0 Å². The van der Waals surface area contributed by atoms with Crippen molar-refractivity contribution in [3.8, 4) is 0 Å². The summed E-state index contributed by atoms with van der Waals surface area (Å²) in [6.07, 6.45) is -0.375. The predicted molar refractivity (Wildman–Crippen MR) is 90.9 cm³/mol. The molecule has 138 valence electrons. The highest BCUT2D eigenvalue weighted by atomic mass is 16.6. The van der Waals surface area contributed by atoms with Gasteiger partial charge in [0, 0.05) is 6.54 Å². The molecule has 1 aromatic rings. The van der Waals surface area contributed by atoms with Gasteiger partial charge in [-0.15, -0.1) is 0 Å². The van der Waals surface area contributed by atoms with Crippen molar-refractivity contribution < 1.29 is 28.7 Å². The van der Waals surface area contributed by atoms with E-state index in [0.29, 0.717) is 5.69 Å². The van der Waals surface area contributed by atoms with E-state index in [2.05, 4.69) is 10.1 Å². The number of fused-ring (bicyclic) bond motifs is 3. The lowest BCUT2D eigenvalue weighted by molar-refractivity contribution is -0.128. The maximum absolute atomic E-state index is 12.3. The fourth-order valence-electron chi connectivity index (χ4n) is 3.09. The van der Waals surface area contributed by atoms with E-state index < -0.39 is 24.1 Å². The number of anilines is 2. The van der Waals surface area contributed by atoms with Crippen LogP contribution in [0, 0.1) is 0 Å². The Balaban J connectivity index is 1.71. The lowest BCUT2D eigenvalue weighted by Gasteiger charge is -2.33. The number of alkyl carbamates (subject to hydrolysis) is 1. The van der Waals surface area contributed by atoms with Crippen molar-refractivity contribution in [2.75, 3.05) is 23.9 Å². The Morgan fingerprint density at radius 3 is 2.85 bits per heavy atom. The van der Waals surface area contributed by atoms with Crippen LogP contribution in [0.15, 0.2) is 18.2 Å². The second kappa shape index (κ2) is 7.03. The van der Waals surface area contributed by atoms with Crippen LogP contribution in [0.5, 0.6) is 0 Å². The minimum absolute atomic E-state index is 0.0914.